The monoisotopic (exact) mass is 284 g/mol. The van der Waals surface area contributed by atoms with Crippen LogP contribution in [0.1, 0.15) is 33.1 Å². The minimum Gasteiger partial charge on any atom is -0.394 e. The normalized spacial score (nSPS) is 29.4. The van der Waals surface area contributed by atoms with Gasteiger partial charge in [-0.2, -0.15) is 0 Å². The van der Waals surface area contributed by atoms with Gasteiger partial charge in [0.05, 0.1) is 18.8 Å². The third-order valence-electron chi connectivity index (χ3n) is 4.81. The van der Waals surface area contributed by atoms with Crippen LogP contribution in [-0.4, -0.2) is 72.4 Å². The van der Waals surface area contributed by atoms with Crippen molar-refractivity contribution in [1.29, 1.82) is 0 Å². The lowest BCUT2D eigenvalue weighted by Crippen LogP contribution is -2.46. The van der Waals surface area contributed by atoms with Crippen molar-refractivity contribution in [3.05, 3.63) is 0 Å². The predicted octanol–water partition coefficient (Wildman–Crippen LogP) is 0.715. The van der Waals surface area contributed by atoms with E-state index < -0.39 is 0 Å². The Hall–Kier alpha value is -0.650. The Kier molecular flexibility index (Phi) is 5.41. The molecule has 2 atom stereocenters. The summed E-state index contributed by atoms with van der Waals surface area (Å²) >= 11 is 0. The van der Waals surface area contributed by atoms with Crippen molar-refractivity contribution in [3.8, 4) is 0 Å². The van der Waals surface area contributed by atoms with Gasteiger partial charge in [0, 0.05) is 25.6 Å². The van der Waals surface area contributed by atoms with Crippen LogP contribution >= 0.6 is 0 Å². The number of hydrogen-bond donors (Lipinski definition) is 1. The molecule has 0 unspecified atom stereocenters. The maximum atomic E-state index is 12.6. The Morgan fingerprint density at radius 3 is 2.50 bits per heavy atom. The molecule has 0 aromatic carbocycles. The van der Waals surface area contributed by atoms with Crippen LogP contribution in [0.3, 0.4) is 0 Å². The lowest BCUT2D eigenvalue weighted by molar-refractivity contribution is -0.139. The van der Waals surface area contributed by atoms with E-state index in [2.05, 4.69) is 18.7 Å². The second kappa shape index (κ2) is 6.87. The van der Waals surface area contributed by atoms with E-state index in [1.165, 1.54) is 0 Å². The Labute approximate surface area is 121 Å². The average molecular weight is 284 g/mol. The molecule has 2 rings (SSSR count). The first-order valence-corrected chi connectivity index (χ1v) is 7.75. The Morgan fingerprint density at radius 1 is 1.35 bits per heavy atom. The number of methoxy groups -OCH3 is 1. The summed E-state index contributed by atoms with van der Waals surface area (Å²) in [4.78, 5) is 16.9. The van der Waals surface area contributed by atoms with Crippen LogP contribution in [0.2, 0.25) is 0 Å². The van der Waals surface area contributed by atoms with Crippen LogP contribution < -0.4 is 0 Å². The fourth-order valence-electron chi connectivity index (χ4n) is 3.38. The van der Waals surface area contributed by atoms with Crippen molar-refractivity contribution in [1.82, 2.24) is 9.80 Å². The molecule has 2 heterocycles. The third-order valence-corrected chi connectivity index (χ3v) is 4.81. The van der Waals surface area contributed by atoms with Crippen molar-refractivity contribution in [2.75, 3.05) is 33.4 Å². The molecule has 1 amide bonds. The molecule has 0 radical (unpaired) electrons. The smallest absolute Gasteiger partial charge is 0.226 e. The topological polar surface area (TPSA) is 53.0 Å². The van der Waals surface area contributed by atoms with Crippen molar-refractivity contribution < 1.29 is 14.6 Å². The van der Waals surface area contributed by atoms with Crippen LogP contribution in [-0.2, 0) is 9.53 Å². The second-order valence-electron chi connectivity index (χ2n) is 6.32. The van der Waals surface area contributed by atoms with Crippen molar-refractivity contribution in [2.24, 2.45) is 5.92 Å². The van der Waals surface area contributed by atoms with Gasteiger partial charge in [0.1, 0.15) is 0 Å². The molecular weight excluding hydrogens is 256 g/mol. The summed E-state index contributed by atoms with van der Waals surface area (Å²) in [6.45, 7) is 7.07. The quantitative estimate of drug-likeness (QED) is 0.826. The van der Waals surface area contributed by atoms with Gasteiger partial charge < -0.3 is 19.6 Å². The summed E-state index contributed by atoms with van der Waals surface area (Å²) in [7, 11) is 1.67. The molecule has 2 aliphatic heterocycles. The first-order valence-electron chi connectivity index (χ1n) is 7.75. The van der Waals surface area contributed by atoms with Gasteiger partial charge in [-0.15, -0.1) is 0 Å². The van der Waals surface area contributed by atoms with E-state index in [9.17, 15) is 9.90 Å². The van der Waals surface area contributed by atoms with E-state index in [1.54, 1.807) is 7.11 Å². The van der Waals surface area contributed by atoms with Crippen molar-refractivity contribution in [2.45, 2.75) is 51.3 Å². The molecular formula is C15H28N2O3. The highest BCUT2D eigenvalue weighted by atomic mass is 16.5. The molecule has 0 bridgehead atoms. The number of likely N-dealkylation sites (tertiary alicyclic amines) is 2. The van der Waals surface area contributed by atoms with Crippen LogP contribution in [0.5, 0.6) is 0 Å². The molecule has 2 fully saturated rings. The number of aliphatic hydroxyl groups excluding tert-OH is 1. The zero-order valence-corrected chi connectivity index (χ0v) is 12.9. The van der Waals surface area contributed by atoms with Gasteiger partial charge in [-0.05, 0) is 46.2 Å². The van der Waals surface area contributed by atoms with Gasteiger partial charge in [-0.25, -0.2) is 0 Å². The summed E-state index contributed by atoms with van der Waals surface area (Å²) in [6, 6.07) is 0.497. The van der Waals surface area contributed by atoms with Crippen LogP contribution in [0.25, 0.3) is 0 Å². The Balaban J connectivity index is 1.91. The highest BCUT2D eigenvalue weighted by Crippen LogP contribution is 2.26. The molecule has 0 aromatic rings. The highest BCUT2D eigenvalue weighted by molar-refractivity contribution is 5.79. The summed E-state index contributed by atoms with van der Waals surface area (Å²) in [5.74, 6) is 0.335. The molecule has 5 nitrogen and oxygen atoms in total. The minimum absolute atomic E-state index is 0.0381. The highest BCUT2D eigenvalue weighted by Gasteiger charge is 2.38. The first-order chi connectivity index (χ1) is 9.56. The van der Waals surface area contributed by atoms with Gasteiger partial charge in [-0.1, -0.05) is 0 Å². The number of nitrogens with zero attached hydrogens (tertiary/aromatic N) is 2. The number of piperidine rings is 1. The van der Waals surface area contributed by atoms with Crippen LogP contribution in [0.4, 0.5) is 0 Å². The fraction of sp³-hybridized carbons (Fsp3) is 0.933. The van der Waals surface area contributed by atoms with E-state index in [0.717, 1.165) is 32.4 Å². The number of carbonyl (C=O) groups is 1. The lowest BCUT2D eigenvalue weighted by Gasteiger charge is -2.36. The zero-order chi connectivity index (χ0) is 14.7. The van der Waals surface area contributed by atoms with Crippen LogP contribution in [0.15, 0.2) is 0 Å². The number of amides is 1. The largest absolute Gasteiger partial charge is 0.394 e. The van der Waals surface area contributed by atoms with Gasteiger partial charge in [0.15, 0.2) is 0 Å². The zero-order valence-electron chi connectivity index (χ0n) is 12.9. The number of ether oxygens (including phenoxy) is 1. The molecule has 0 aliphatic carbocycles. The number of carbonyl (C=O) groups excluding carboxylic acids is 1. The fourth-order valence-corrected chi connectivity index (χ4v) is 3.38. The van der Waals surface area contributed by atoms with Gasteiger partial charge >= 0.3 is 0 Å². The Bertz CT molecular complexity index is 327. The Morgan fingerprint density at radius 2 is 2.00 bits per heavy atom. The van der Waals surface area contributed by atoms with Gasteiger partial charge in [0.25, 0.3) is 0 Å². The SMILES string of the molecule is CO[C@H]1C[C@@H](CO)N(C(=O)C2CCN(C(C)C)CC2)C1. The van der Waals surface area contributed by atoms with E-state index in [4.69, 9.17) is 4.74 Å². The maximum Gasteiger partial charge on any atom is 0.226 e. The van der Waals surface area contributed by atoms with Gasteiger partial charge in [-0.3, -0.25) is 4.79 Å². The van der Waals surface area contributed by atoms with E-state index in [-0.39, 0.29) is 30.6 Å². The van der Waals surface area contributed by atoms with E-state index >= 15 is 0 Å². The number of aliphatic hydroxyl groups is 1. The molecule has 0 spiro atoms. The molecule has 1 N–H and O–H groups in total. The molecule has 116 valence electrons. The number of hydrogen-bond acceptors (Lipinski definition) is 4. The summed E-state index contributed by atoms with van der Waals surface area (Å²) in [5.41, 5.74) is 0. The van der Waals surface area contributed by atoms with E-state index in [0.29, 0.717) is 12.6 Å². The average Bonchev–Trinajstić information content (AvgIpc) is 2.90. The van der Waals surface area contributed by atoms with Crippen molar-refractivity contribution >= 4 is 5.91 Å². The maximum absolute atomic E-state index is 12.6. The molecule has 0 aromatic heterocycles. The molecule has 20 heavy (non-hydrogen) atoms. The molecule has 2 saturated heterocycles. The lowest BCUT2D eigenvalue weighted by atomic mass is 9.94. The predicted molar refractivity (Wildman–Crippen MR) is 77.4 cm³/mol. The number of rotatable bonds is 4. The minimum atomic E-state index is -0.0596. The van der Waals surface area contributed by atoms with E-state index in [1.807, 2.05) is 4.90 Å². The molecule has 2 aliphatic rings. The summed E-state index contributed by atoms with van der Waals surface area (Å²) in [5, 5.41) is 9.45. The molecule has 5 heteroatoms. The van der Waals surface area contributed by atoms with Gasteiger partial charge in [0.2, 0.25) is 5.91 Å². The standard InChI is InChI=1S/C15H28N2O3/c1-11(2)16-6-4-12(5-7-16)15(19)17-9-14(20-3)8-13(17)10-18/h11-14,18H,4-10H2,1-3H3/t13-,14-/m0/s1. The summed E-state index contributed by atoms with van der Waals surface area (Å²) in [6.07, 6.45) is 2.70. The second-order valence-corrected chi connectivity index (χ2v) is 6.32. The van der Waals surface area contributed by atoms with Crippen LogP contribution in [0, 0.1) is 5.92 Å². The third kappa shape index (κ3) is 3.32. The summed E-state index contributed by atoms with van der Waals surface area (Å²) < 4.78 is 5.35. The molecule has 0 saturated carbocycles. The first kappa shape index (κ1) is 15.7. The van der Waals surface area contributed by atoms with Crippen molar-refractivity contribution in [3.63, 3.8) is 0 Å².